The third-order valence-electron chi connectivity index (χ3n) is 7.02. The van der Waals surface area contributed by atoms with Crippen LogP contribution in [0.1, 0.15) is 29.2 Å². The largest absolute Gasteiger partial charge is 0.0987 e. The summed E-state index contributed by atoms with van der Waals surface area (Å²) >= 11 is 0. The first kappa shape index (κ1) is 18.8. The molecule has 0 N–H and O–H groups in total. The Kier molecular flexibility index (Phi) is 4.16. The van der Waals surface area contributed by atoms with Crippen molar-refractivity contribution in [3.05, 3.63) is 150 Å². The summed E-state index contributed by atoms with van der Waals surface area (Å²) in [6.07, 6.45) is 6.46. The Morgan fingerprint density at radius 3 is 1.44 bits per heavy atom. The van der Waals surface area contributed by atoms with E-state index in [9.17, 15) is 0 Å². The fourth-order valence-corrected chi connectivity index (χ4v) is 5.91. The van der Waals surface area contributed by atoms with Crippen LogP contribution < -0.4 is 0 Å². The average molecular weight is 409 g/mol. The summed E-state index contributed by atoms with van der Waals surface area (Å²) in [6, 6.07) is 35.5. The maximum Gasteiger partial charge on any atom is 0.0725 e. The van der Waals surface area contributed by atoms with E-state index in [0.717, 1.165) is 0 Å². The van der Waals surface area contributed by atoms with Crippen molar-refractivity contribution in [3.63, 3.8) is 0 Å². The zero-order chi connectivity index (χ0) is 21.7. The summed E-state index contributed by atoms with van der Waals surface area (Å²) < 4.78 is 0. The summed E-state index contributed by atoms with van der Waals surface area (Å²) in [5, 5.41) is 0. The third kappa shape index (κ3) is 2.27. The molecule has 0 aromatic heterocycles. The van der Waals surface area contributed by atoms with Gasteiger partial charge in [-0.25, -0.2) is 0 Å². The van der Waals surface area contributed by atoms with Crippen molar-refractivity contribution in [1.82, 2.24) is 0 Å². The third-order valence-corrected chi connectivity index (χ3v) is 7.02. The maximum atomic E-state index is 4.34. The molecule has 0 saturated carbocycles. The molecule has 0 heterocycles. The van der Waals surface area contributed by atoms with Crippen LogP contribution in [0.2, 0.25) is 0 Å². The van der Waals surface area contributed by atoms with Crippen molar-refractivity contribution in [2.24, 2.45) is 0 Å². The molecule has 4 aromatic carbocycles. The van der Waals surface area contributed by atoms with E-state index in [1.54, 1.807) is 0 Å². The molecule has 0 bridgehead atoms. The van der Waals surface area contributed by atoms with Gasteiger partial charge in [-0.15, -0.1) is 0 Å². The maximum absolute atomic E-state index is 4.34. The van der Waals surface area contributed by atoms with Gasteiger partial charge in [0.15, 0.2) is 0 Å². The number of allylic oxidation sites excluding steroid dienone is 5. The van der Waals surface area contributed by atoms with Crippen molar-refractivity contribution in [3.8, 4) is 22.3 Å². The van der Waals surface area contributed by atoms with Gasteiger partial charge in [0.05, 0.1) is 5.41 Å². The van der Waals surface area contributed by atoms with E-state index in [1.165, 1.54) is 55.7 Å². The summed E-state index contributed by atoms with van der Waals surface area (Å²) in [4.78, 5) is 0. The van der Waals surface area contributed by atoms with Gasteiger partial charge in [0.2, 0.25) is 0 Å². The highest BCUT2D eigenvalue weighted by atomic mass is 14.5. The first-order valence-electron chi connectivity index (χ1n) is 11.2. The van der Waals surface area contributed by atoms with E-state index < -0.39 is 5.41 Å². The lowest BCUT2D eigenvalue weighted by atomic mass is 9.65. The van der Waals surface area contributed by atoms with Crippen LogP contribution in [0.15, 0.2) is 127 Å². The molecule has 0 fully saturated rings. The summed E-state index contributed by atoms with van der Waals surface area (Å²) in [7, 11) is 0. The molecule has 0 nitrogen and oxygen atoms in total. The summed E-state index contributed by atoms with van der Waals surface area (Å²) in [6.45, 7) is 6.43. The van der Waals surface area contributed by atoms with Gasteiger partial charge < -0.3 is 0 Å². The molecular weight excluding hydrogens is 384 g/mol. The van der Waals surface area contributed by atoms with Gasteiger partial charge in [-0.2, -0.15) is 0 Å². The molecular formula is C32H24. The van der Waals surface area contributed by atoms with Crippen molar-refractivity contribution >= 4 is 5.57 Å². The Morgan fingerprint density at radius 1 is 0.562 bits per heavy atom. The van der Waals surface area contributed by atoms with Gasteiger partial charge in [0, 0.05) is 0 Å². The zero-order valence-electron chi connectivity index (χ0n) is 18.2. The van der Waals surface area contributed by atoms with Gasteiger partial charge in [-0.1, -0.05) is 122 Å². The smallest absolute Gasteiger partial charge is 0.0725 e. The monoisotopic (exact) mass is 408 g/mol. The summed E-state index contributed by atoms with van der Waals surface area (Å²) in [5.41, 5.74) is 12.5. The number of fused-ring (bicyclic) bond motifs is 9. The Balaban J connectivity index is 1.91. The van der Waals surface area contributed by atoms with E-state index in [4.69, 9.17) is 0 Å². The van der Waals surface area contributed by atoms with Crippen LogP contribution in [0.4, 0.5) is 0 Å². The number of rotatable bonds is 2. The Bertz CT molecular complexity index is 1380. The molecule has 4 aromatic rings. The van der Waals surface area contributed by atoms with Crippen LogP contribution in [0, 0.1) is 0 Å². The highest BCUT2D eigenvalue weighted by Gasteiger charge is 2.49. The van der Waals surface area contributed by atoms with Crippen molar-refractivity contribution in [1.29, 1.82) is 0 Å². The predicted molar refractivity (Wildman–Crippen MR) is 136 cm³/mol. The second-order valence-electron chi connectivity index (χ2n) is 8.46. The van der Waals surface area contributed by atoms with E-state index in [1.807, 2.05) is 0 Å². The molecule has 0 saturated heterocycles. The van der Waals surface area contributed by atoms with Crippen LogP contribution in [-0.4, -0.2) is 0 Å². The normalized spacial score (nSPS) is 15.2. The zero-order valence-corrected chi connectivity index (χ0v) is 18.2. The molecule has 6 rings (SSSR count). The van der Waals surface area contributed by atoms with Gasteiger partial charge in [0.1, 0.15) is 0 Å². The Hall–Kier alpha value is -3.90. The van der Waals surface area contributed by atoms with Gasteiger partial charge in [-0.05, 0) is 62.6 Å². The molecule has 32 heavy (non-hydrogen) atoms. The van der Waals surface area contributed by atoms with E-state index in [2.05, 4.69) is 129 Å². The van der Waals surface area contributed by atoms with E-state index in [-0.39, 0.29) is 0 Å². The number of hydrogen-bond acceptors (Lipinski definition) is 0. The fraction of sp³-hybridized carbons (Fsp3) is 0.0625. The van der Waals surface area contributed by atoms with Gasteiger partial charge >= 0.3 is 0 Å². The Morgan fingerprint density at radius 2 is 0.969 bits per heavy atom. The van der Waals surface area contributed by atoms with Crippen LogP contribution in [-0.2, 0) is 5.41 Å². The van der Waals surface area contributed by atoms with E-state index in [0.29, 0.717) is 0 Å². The highest BCUT2D eigenvalue weighted by Crippen LogP contribution is 2.60. The van der Waals surface area contributed by atoms with Crippen molar-refractivity contribution < 1.29 is 0 Å². The lowest BCUT2D eigenvalue weighted by Gasteiger charge is -2.36. The molecule has 0 aliphatic heterocycles. The molecule has 0 radical (unpaired) electrons. The minimum atomic E-state index is -0.417. The minimum absolute atomic E-state index is 0.417. The SMILES string of the molecule is C=CC1=C(/C=C\C)c2ccccc2C12c1ccccc1-c1ccccc1-c1ccccc12. The second-order valence-corrected chi connectivity index (χ2v) is 8.46. The van der Waals surface area contributed by atoms with Crippen LogP contribution in [0.3, 0.4) is 0 Å². The molecule has 0 heteroatoms. The molecule has 0 unspecified atom stereocenters. The molecule has 0 atom stereocenters. The Labute approximate surface area is 189 Å². The van der Waals surface area contributed by atoms with Gasteiger partial charge in [0.25, 0.3) is 0 Å². The second kappa shape index (κ2) is 7.07. The minimum Gasteiger partial charge on any atom is -0.0987 e. The lowest BCUT2D eigenvalue weighted by Crippen LogP contribution is -2.30. The molecule has 2 aliphatic rings. The van der Waals surface area contributed by atoms with Crippen LogP contribution in [0.25, 0.3) is 27.8 Å². The molecule has 0 amide bonds. The standard InChI is InChI=1S/C32H24/c1-3-13-24-27-18-9-12-21-31(27)32(28(24)4-2)29-19-10-7-16-25(29)22-14-5-6-15-23(22)26-17-8-11-20-30(26)32/h3-21H,2H2,1H3/b13-3-. The predicted octanol–water partition coefficient (Wildman–Crippen LogP) is 8.20. The molecule has 152 valence electrons. The number of benzene rings is 4. The lowest BCUT2D eigenvalue weighted by molar-refractivity contribution is 0.768. The summed E-state index contributed by atoms with van der Waals surface area (Å²) in [5.74, 6) is 0. The topological polar surface area (TPSA) is 0 Å². The fourth-order valence-electron chi connectivity index (χ4n) is 5.91. The average Bonchev–Trinajstić information content (AvgIpc) is 3.08. The highest BCUT2D eigenvalue weighted by molar-refractivity contribution is 5.98. The van der Waals surface area contributed by atoms with E-state index >= 15 is 0 Å². The van der Waals surface area contributed by atoms with Gasteiger partial charge in [-0.3, -0.25) is 0 Å². The first-order chi connectivity index (χ1) is 15.8. The molecule has 1 spiro atoms. The molecule has 2 aliphatic carbocycles. The van der Waals surface area contributed by atoms with Crippen molar-refractivity contribution in [2.45, 2.75) is 12.3 Å². The number of hydrogen-bond donors (Lipinski definition) is 0. The quantitative estimate of drug-likeness (QED) is 0.313. The van der Waals surface area contributed by atoms with Crippen LogP contribution in [0.5, 0.6) is 0 Å². The van der Waals surface area contributed by atoms with Crippen molar-refractivity contribution in [2.75, 3.05) is 0 Å². The van der Waals surface area contributed by atoms with Crippen LogP contribution >= 0.6 is 0 Å². The first-order valence-corrected chi connectivity index (χ1v) is 11.2.